The lowest BCUT2D eigenvalue weighted by Crippen LogP contribution is -2.51. The maximum absolute atomic E-state index is 12.6. The molecule has 0 bridgehead atoms. The summed E-state index contributed by atoms with van der Waals surface area (Å²) in [5, 5.41) is 9.99. The smallest absolute Gasteiger partial charge is 0.329 e. The van der Waals surface area contributed by atoms with E-state index >= 15 is 0 Å². The molecular formula is C13H14N4O3. The molecule has 20 heavy (non-hydrogen) atoms. The molecule has 0 aliphatic carbocycles. The first kappa shape index (κ1) is 12.6. The molecule has 0 radical (unpaired) electrons. The number of nitrogens with zero attached hydrogens (tertiary/aromatic N) is 3. The summed E-state index contributed by atoms with van der Waals surface area (Å²) in [6, 6.07) is 1.72. The highest BCUT2D eigenvalue weighted by Crippen LogP contribution is 2.31. The van der Waals surface area contributed by atoms with Gasteiger partial charge in [0, 0.05) is 12.7 Å². The summed E-state index contributed by atoms with van der Waals surface area (Å²) >= 11 is 0. The van der Waals surface area contributed by atoms with E-state index in [1.54, 1.807) is 19.2 Å². The third-order valence-corrected chi connectivity index (χ3v) is 3.90. The Kier molecular flexibility index (Phi) is 2.70. The van der Waals surface area contributed by atoms with Crippen LogP contribution in [0.5, 0.6) is 0 Å². The Hall–Kier alpha value is -2.44. The van der Waals surface area contributed by atoms with Crippen LogP contribution in [0.25, 0.3) is 11.0 Å². The van der Waals surface area contributed by atoms with Crippen molar-refractivity contribution >= 4 is 22.9 Å². The highest BCUT2D eigenvalue weighted by Gasteiger charge is 2.46. The van der Waals surface area contributed by atoms with Crippen molar-refractivity contribution in [1.29, 1.82) is 0 Å². The van der Waals surface area contributed by atoms with Gasteiger partial charge in [0.2, 0.25) is 0 Å². The summed E-state index contributed by atoms with van der Waals surface area (Å²) in [6.07, 6.45) is 4.11. The van der Waals surface area contributed by atoms with E-state index in [0.29, 0.717) is 30.4 Å². The zero-order chi connectivity index (χ0) is 14.3. The third-order valence-electron chi connectivity index (χ3n) is 3.90. The number of amides is 1. The monoisotopic (exact) mass is 274 g/mol. The lowest BCUT2D eigenvalue weighted by molar-refractivity contribution is -0.147. The molecule has 0 aromatic carbocycles. The van der Waals surface area contributed by atoms with Crippen LogP contribution in [0, 0.1) is 0 Å². The zero-order valence-corrected chi connectivity index (χ0v) is 11.0. The maximum atomic E-state index is 12.6. The fourth-order valence-corrected chi connectivity index (χ4v) is 2.68. The topological polar surface area (TPSA) is 99.2 Å². The van der Waals surface area contributed by atoms with Gasteiger partial charge < -0.3 is 15.0 Å². The molecule has 3 rings (SSSR count). The number of rotatable bonds is 2. The molecule has 1 aliphatic rings. The number of fused-ring (bicyclic) bond motifs is 1. The molecule has 2 aromatic rings. The van der Waals surface area contributed by atoms with Crippen LogP contribution in [0.1, 0.15) is 30.3 Å². The van der Waals surface area contributed by atoms with E-state index in [0.717, 1.165) is 0 Å². The van der Waals surface area contributed by atoms with Crippen molar-refractivity contribution < 1.29 is 14.7 Å². The van der Waals surface area contributed by atoms with E-state index < -0.39 is 11.5 Å². The SMILES string of the molecule is CC1(C(=O)O)CCCN1C(=O)c1ncnc2[nH]ccc12. The Morgan fingerprint density at radius 2 is 2.25 bits per heavy atom. The van der Waals surface area contributed by atoms with Gasteiger partial charge in [-0.15, -0.1) is 0 Å². The lowest BCUT2D eigenvalue weighted by Gasteiger charge is -2.30. The molecule has 1 unspecified atom stereocenters. The van der Waals surface area contributed by atoms with E-state index in [2.05, 4.69) is 15.0 Å². The molecule has 7 nitrogen and oxygen atoms in total. The van der Waals surface area contributed by atoms with Crippen LogP contribution in [0.4, 0.5) is 0 Å². The number of hydrogen-bond acceptors (Lipinski definition) is 4. The Morgan fingerprint density at radius 3 is 3.00 bits per heavy atom. The van der Waals surface area contributed by atoms with Gasteiger partial charge in [-0.1, -0.05) is 0 Å². The van der Waals surface area contributed by atoms with E-state index in [4.69, 9.17) is 0 Å². The van der Waals surface area contributed by atoms with Crippen LogP contribution < -0.4 is 0 Å². The molecule has 0 spiro atoms. The first-order valence-corrected chi connectivity index (χ1v) is 6.37. The number of nitrogens with one attached hydrogen (secondary N) is 1. The van der Waals surface area contributed by atoms with Gasteiger partial charge in [0.25, 0.3) is 5.91 Å². The fraction of sp³-hybridized carbons (Fsp3) is 0.385. The van der Waals surface area contributed by atoms with Gasteiger partial charge in [-0.2, -0.15) is 0 Å². The van der Waals surface area contributed by atoms with Crippen molar-refractivity contribution in [1.82, 2.24) is 19.9 Å². The molecular weight excluding hydrogens is 260 g/mol. The number of aromatic nitrogens is 3. The van der Waals surface area contributed by atoms with E-state index in [9.17, 15) is 14.7 Å². The number of H-pyrrole nitrogens is 1. The number of carboxylic acid groups (broad SMARTS) is 1. The molecule has 0 saturated carbocycles. The van der Waals surface area contributed by atoms with Gasteiger partial charge in [-0.05, 0) is 25.8 Å². The number of aromatic amines is 1. The molecule has 104 valence electrons. The van der Waals surface area contributed by atoms with Crippen molar-refractivity contribution in [3.8, 4) is 0 Å². The summed E-state index contributed by atoms with van der Waals surface area (Å²) in [6.45, 7) is 2.01. The summed E-state index contributed by atoms with van der Waals surface area (Å²) in [4.78, 5) is 36.5. The van der Waals surface area contributed by atoms with E-state index in [1.165, 1.54) is 11.2 Å². The molecule has 1 fully saturated rings. The second-order valence-corrected chi connectivity index (χ2v) is 5.10. The van der Waals surface area contributed by atoms with Crippen LogP contribution in [0.2, 0.25) is 0 Å². The Balaban J connectivity index is 2.05. The minimum absolute atomic E-state index is 0.241. The zero-order valence-electron chi connectivity index (χ0n) is 11.0. The van der Waals surface area contributed by atoms with Crippen LogP contribution in [0.15, 0.2) is 18.6 Å². The average Bonchev–Trinajstić information content (AvgIpc) is 3.04. The average molecular weight is 274 g/mol. The van der Waals surface area contributed by atoms with Crippen LogP contribution >= 0.6 is 0 Å². The molecule has 1 atom stereocenters. The molecule has 1 amide bonds. The maximum Gasteiger partial charge on any atom is 0.329 e. The van der Waals surface area contributed by atoms with Gasteiger partial charge in [-0.3, -0.25) is 4.79 Å². The largest absolute Gasteiger partial charge is 0.480 e. The van der Waals surface area contributed by atoms with Gasteiger partial charge >= 0.3 is 5.97 Å². The minimum Gasteiger partial charge on any atom is -0.480 e. The standard InChI is InChI=1S/C13H14N4O3/c1-13(12(19)20)4-2-6-17(13)11(18)9-8-3-5-14-10(8)16-7-15-9/h3,5,7H,2,4,6H2,1H3,(H,19,20)(H,14,15,16). The van der Waals surface area contributed by atoms with Gasteiger partial charge in [-0.25, -0.2) is 14.8 Å². The predicted molar refractivity (Wildman–Crippen MR) is 70.2 cm³/mol. The minimum atomic E-state index is -1.16. The second kappa shape index (κ2) is 4.29. The normalized spacial score (nSPS) is 22.4. The van der Waals surface area contributed by atoms with E-state index in [1.807, 2.05) is 0 Å². The summed E-state index contributed by atoms with van der Waals surface area (Å²) in [5.74, 6) is -1.35. The van der Waals surface area contributed by atoms with Gasteiger partial charge in [0.15, 0.2) is 0 Å². The predicted octanol–water partition coefficient (Wildman–Crippen LogP) is 1.04. The number of hydrogen-bond donors (Lipinski definition) is 2. The molecule has 2 N–H and O–H groups in total. The molecule has 1 saturated heterocycles. The molecule has 3 heterocycles. The summed E-state index contributed by atoms with van der Waals surface area (Å²) in [7, 11) is 0. The van der Waals surface area contributed by atoms with E-state index in [-0.39, 0.29) is 11.6 Å². The molecule has 1 aliphatic heterocycles. The number of aliphatic carboxylic acids is 1. The van der Waals surface area contributed by atoms with Crippen LogP contribution in [-0.4, -0.2) is 48.9 Å². The van der Waals surface area contributed by atoms with Crippen LogP contribution in [0.3, 0.4) is 0 Å². The quantitative estimate of drug-likeness (QED) is 0.852. The Labute approximate surface area is 114 Å². The van der Waals surface area contributed by atoms with Gasteiger partial charge in [0.05, 0.1) is 5.39 Å². The lowest BCUT2D eigenvalue weighted by atomic mass is 9.99. The highest BCUT2D eigenvalue weighted by molar-refractivity contribution is 6.05. The fourth-order valence-electron chi connectivity index (χ4n) is 2.68. The summed E-state index contributed by atoms with van der Waals surface area (Å²) < 4.78 is 0. The van der Waals surface area contributed by atoms with Crippen molar-refractivity contribution in [2.45, 2.75) is 25.3 Å². The van der Waals surface area contributed by atoms with Crippen LogP contribution in [-0.2, 0) is 4.79 Å². The number of carboxylic acids is 1. The highest BCUT2D eigenvalue weighted by atomic mass is 16.4. The number of carbonyl (C=O) groups excluding carboxylic acids is 1. The van der Waals surface area contributed by atoms with Crippen molar-refractivity contribution in [2.24, 2.45) is 0 Å². The van der Waals surface area contributed by atoms with Gasteiger partial charge in [0.1, 0.15) is 23.2 Å². The first-order chi connectivity index (χ1) is 9.54. The Morgan fingerprint density at radius 1 is 1.45 bits per heavy atom. The molecule has 2 aromatic heterocycles. The number of carbonyl (C=O) groups is 2. The van der Waals surface area contributed by atoms with Crippen molar-refractivity contribution in [3.63, 3.8) is 0 Å². The Bertz CT molecular complexity index is 696. The third kappa shape index (κ3) is 1.66. The summed E-state index contributed by atoms with van der Waals surface area (Å²) in [5.41, 5.74) is -0.352. The number of likely N-dealkylation sites (tertiary alicyclic amines) is 1. The van der Waals surface area contributed by atoms with Crippen molar-refractivity contribution in [3.05, 3.63) is 24.3 Å². The second-order valence-electron chi connectivity index (χ2n) is 5.10. The first-order valence-electron chi connectivity index (χ1n) is 6.37. The van der Waals surface area contributed by atoms with Crippen molar-refractivity contribution in [2.75, 3.05) is 6.54 Å². The molecule has 7 heteroatoms.